The van der Waals surface area contributed by atoms with Crippen molar-refractivity contribution in [2.45, 2.75) is 53.1 Å². The van der Waals surface area contributed by atoms with Crippen LogP contribution >= 0.6 is 0 Å². The Bertz CT molecular complexity index is 1050. The predicted molar refractivity (Wildman–Crippen MR) is 122 cm³/mol. The molecule has 5 heteroatoms. The zero-order chi connectivity index (χ0) is 21.7. The summed E-state index contributed by atoms with van der Waals surface area (Å²) in [6.07, 6.45) is 1.89. The van der Waals surface area contributed by atoms with Crippen molar-refractivity contribution in [1.82, 2.24) is 14.9 Å². The Morgan fingerprint density at radius 3 is 2.70 bits per heavy atom. The zero-order valence-corrected chi connectivity index (χ0v) is 18.4. The summed E-state index contributed by atoms with van der Waals surface area (Å²) in [5.74, 6) is 1.66. The molecule has 30 heavy (non-hydrogen) atoms. The van der Waals surface area contributed by atoms with Crippen molar-refractivity contribution in [2.75, 3.05) is 6.61 Å². The highest BCUT2D eigenvalue weighted by Gasteiger charge is 2.18. The van der Waals surface area contributed by atoms with Gasteiger partial charge in [-0.25, -0.2) is 4.98 Å². The smallest absolute Gasteiger partial charge is 0.246 e. The molecule has 1 aromatic heterocycles. The Morgan fingerprint density at radius 2 is 1.97 bits per heavy atom. The average Bonchev–Trinajstić information content (AvgIpc) is 3.08. The summed E-state index contributed by atoms with van der Waals surface area (Å²) in [4.78, 5) is 16.8. The molecule has 0 spiro atoms. The third kappa shape index (κ3) is 5.09. The molecule has 3 aromatic rings. The van der Waals surface area contributed by atoms with Gasteiger partial charge in [0.05, 0.1) is 23.7 Å². The molecule has 1 unspecified atom stereocenters. The summed E-state index contributed by atoms with van der Waals surface area (Å²) in [5.41, 5.74) is 4.93. The number of benzene rings is 2. The SMILES string of the molecule is C=C(C)C(=O)NC(C)c1nc2ccccc2n1CCCCOc1ccc(C)cc1C. The fourth-order valence-electron chi connectivity index (χ4n) is 3.56. The van der Waals surface area contributed by atoms with E-state index in [9.17, 15) is 4.79 Å². The van der Waals surface area contributed by atoms with Crippen LogP contribution < -0.4 is 10.1 Å². The maximum Gasteiger partial charge on any atom is 0.246 e. The van der Waals surface area contributed by atoms with Gasteiger partial charge in [0, 0.05) is 12.1 Å². The molecular weight excluding hydrogens is 374 g/mol. The molecular formula is C25H31N3O2. The van der Waals surface area contributed by atoms with E-state index in [1.54, 1.807) is 6.92 Å². The number of unbranched alkanes of at least 4 members (excludes halogenated alkanes) is 1. The van der Waals surface area contributed by atoms with Crippen LogP contribution in [0.5, 0.6) is 5.75 Å². The Labute approximate surface area is 178 Å². The fourth-order valence-corrected chi connectivity index (χ4v) is 3.56. The van der Waals surface area contributed by atoms with Crippen molar-refractivity contribution in [3.05, 3.63) is 71.6 Å². The number of carbonyl (C=O) groups excluding carboxylic acids is 1. The molecule has 3 rings (SSSR count). The first-order chi connectivity index (χ1) is 14.4. The van der Waals surface area contributed by atoms with E-state index in [2.05, 4.69) is 48.5 Å². The lowest BCUT2D eigenvalue weighted by molar-refractivity contribution is -0.118. The topological polar surface area (TPSA) is 56.2 Å². The van der Waals surface area contributed by atoms with Gasteiger partial charge in [-0.3, -0.25) is 4.79 Å². The van der Waals surface area contributed by atoms with E-state index >= 15 is 0 Å². The number of imidazole rings is 1. The normalized spacial score (nSPS) is 12.0. The summed E-state index contributed by atoms with van der Waals surface area (Å²) in [7, 11) is 0. The molecule has 158 valence electrons. The molecule has 2 aromatic carbocycles. The number of aryl methyl sites for hydroxylation is 3. The first kappa shape index (κ1) is 21.6. The van der Waals surface area contributed by atoms with Crippen molar-refractivity contribution in [3.63, 3.8) is 0 Å². The Kier molecular flexibility index (Phi) is 6.93. The highest BCUT2D eigenvalue weighted by atomic mass is 16.5. The van der Waals surface area contributed by atoms with Gasteiger partial charge in [-0.2, -0.15) is 0 Å². The number of hydrogen-bond acceptors (Lipinski definition) is 3. The van der Waals surface area contributed by atoms with E-state index in [0.717, 1.165) is 42.0 Å². The molecule has 1 atom stereocenters. The second-order valence-corrected chi connectivity index (χ2v) is 7.91. The minimum Gasteiger partial charge on any atom is -0.493 e. The van der Waals surface area contributed by atoms with Gasteiger partial charge in [0.2, 0.25) is 5.91 Å². The fraction of sp³-hybridized carbons (Fsp3) is 0.360. The van der Waals surface area contributed by atoms with E-state index < -0.39 is 0 Å². The van der Waals surface area contributed by atoms with Gasteiger partial charge in [0.25, 0.3) is 0 Å². The minimum absolute atomic E-state index is 0.150. The summed E-state index contributed by atoms with van der Waals surface area (Å²) < 4.78 is 8.17. The lowest BCUT2D eigenvalue weighted by Crippen LogP contribution is -2.29. The molecule has 1 heterocycles. The van der Waals surface area contributed by atoms with Gasteiger partial charge in [-0.1, -0.05) is 36.4 Å². The van der Waals surface area contributed by atoms with Crippen LogP contribution in [0.25, 0.3) is 11.0 Å². The van der Waals surface area contributed by atoms with Gasteiger partial charge in [-0.15, -0.1) is 0 Å². The Morgan fingerprint density at radius 1 is 1.20 bits per heavy atom. The Balaban J connectivity index is 1.65. The number of para-hydroxylation sites is 2. The first-order valence-corrected chi connectivity index (χ1v) is 10.5. The first-order valence-electron chi connectivity index (χ1n) is 10.5. The number of nitrogens with one attached hydrogen (secondary N) is 1. The van der Waals surface area contributed by atoms with Crippen molar-refractivity contribution in [1.29, 1.82) is 0 Å². The molecule has 1 amide bonds. The van der Waals surface area contributed by atoms with E-state index in [1.807, 2.05) is 31.2 Å². The lowest BCUT2D eigenvalue weighted by Gasteiger charge is -2.16. The molecule has 0 fully saturated rings. The lowest BCUT2D eigenvalue weighted by atomic mass is 10.1. The van der Waals surface area contributed by atoms with Gasteiger partial charge in [0.15, 0.2) is 0 Å². The number of carbonyl (C=O) groups is 1. The number of ether oxygens (including phenoxy) is 1. The standard InChI is InChI=1S/C25H31N3O2/c1-17(2)25(29)26-20(5)24-27-21-10-6-7-11-22(21)28(24)14-8-9-15-30-23-13-12-18(3)16-19(23)4/h6-7,10-13,16,20H,1,8-9,14-15H2,2-5H3,(H,26,29). The van der Waals surface area contributed by atoms with Crippen molar-refractivity contribution in [2.24, 2.45) is 0 Å². The van der Waals surface area contributed by atoms with Crippen LogP contribution in [0.2, 0.25) is 0 Å². The number of amides is 1. The van der Waals surface area contributed by atoms with E-state index in [4.69, 9.17) is 9.72 Å². The van der Waals surface area contributed by atoms with Gasteiger partial charge >= 0.3 is 0 Å². The summed E-state index contributed by atoms with van der Waals surface area (Å²) in [5, 5.41) is 2.98. The second kappa shape index (κ2) is 9.61. The summed E-state index contributed by atoms with van der Waals surface area (Å²) in [6, 6.07) is 14.1. The van der Waals surface area contributed by atoms with Crippen LogP contribution in [-0.4, -0.2) is 22.1 Å². The third-order valence-corrected chi connectivity index (χ3v) is 5.17. The van der Waals surface area contributed by atoms with Crippen molar-refractivity contribution >= 4 is 16.9 Å². The largest absolute Gasteiger partial charge is 0.493 e. The molecule has 0 aliphatic rings. The number of rotatable bonds is 9. The van der Waals surface area contributed by atoms with Crippen LogP contribution in [-0.2, 0) is 11.3 Å². The number of fused-ring (bicyclic) bond motifs is 1. The van der Waals surface area contributed by atoms with E-state index in [1.165, 1.54) is 11.1 Å². The van der Waals surface area contributed by atoms with Crippen molar-refractivity contribution in [3.8, 4) is 5.75 Å². The molecule has 0 saturated carbocycles. The number of aromatic nitrogens is 2. The molecule has 5 nitrogen and oxygen atoms in total. The van der Waals surface area contributed by atoms with Gasteiger partial charge < -0.3 is 14.6 Å². The molecule has 0 radical (unpaired) electrons. The monoisotopic (exact) mass is 405 g/mol. The van der Waals surface area contributed by atoms with Crippen LogP contribution in [0.3, 0.4) is 0 Å². The van der Waals surface area contributed by atoms with Crippen LogP contribution in [0.1, 0.15) is 49.7 Å². The molecule has 0 saturated heterocycles. The number of hydrogen-bond donors (Lipinski definition) is 1. The van der Waals surface area contributed by atoms with E-state index in [0.29, 0.717) is 12.2 Å². The summed E-state index contributed by atoms with van der Waals surface area (Å²) in [6.45, 7) is 13.0. The molecule has 0 aliphatic heterocycles. The highest BCUT2D eigenvalue weighted by molar-refractivity contribution is 5.92. The highest BCUT2D eigenvalue weighted by Crippen LogP contribution is 2.22. The molecule has 0 bridgehead atoms. The van der Waals surface area contributed by atoms with E-state index in [-0.39, 0.29) is 11.9 Å². The van der Waals surface area contributed by atoms with Crippen molar-refractivity contribution < 1.29 is 9.53 Å². The third-order valence-electron chi connectivity index (χ3n) is 5.17. The average molecular weight is 406 g/mol. The molecule has 0 aliphatic carbocycles. The van der Waals surface area contributed by atoms with Crippen LogP contribution in [0, 0.1) is 13.8 Å². The predicted octanol–water partition coefficient (Wildman–Crippen LogP) is 5.27. The summed E-state index contributed by atoms with van der Waals surface area (Å²) >= 11 is 0. The van der Waals surface area contributed by atoms with Gasteiger partial charge in [0.1, 0.15) is 11.6 Å². The van der Waals surface area contributed by atoms with Gasteiger partial charge in [-0.05, 0) is 64.3 Å². The maximum atomic E-state index is 12.1. The maximum absolute atomic E-state index is 12.1. The second-order valence-electron chi connectivity index (χ2n) is 7.91. The Hall–Kier alpha value is -3.08. The quantitative estimate of drug-likeness (QED) is 0.390. The van der Waals surface area contributed by atoms with Crippen LogP contribution in [0.4, 0.5) is 0 Å². The minimum atomic E-state index is -0.201. The zero-order valence-electron chi connectivity index (χ0n) is 18.4. The number of nitrogens with zero attached hydrogens (tertiary/aromatic N) is 2. The molecule has 1 N–H and O–H groups in total. The van der Waals surface area contributed by atoms with Crippen LogP contribution in [0.15, 0.2) is 54.6 Å².